The smallest absolute Gasteiger partial charge is 0.270 e. The van der Waals surface area contributed by atoms with Crippen molar-refractivity contribution in [1.82, 2.24) is 14.9 Å². The van der Waals surface area contributed by atoms with Crippen LogP contribution in [-0.2, 0) is 13.0 Å². The van der Waals surface area contributed by atoms with E-state index in [4.69, 9.17) is 0 Å². The van der Waals surface area contributed by atoms with Crippen molar-refractivity contribution in [2.24, 2.45) is 5.92 Å². The van der Waals surface area contributed by atoms with Gasteiger partial charge in [0.15, 0.2) is 0 Å². The van der Waals surface area contributed by atoms with E-state index in [1.807, 2.05) is 5.38 Å². The molecule has 22 heavy (non-hydrogen) atoms. The average Bonchev–Trinajstić information content (AvgIpc) is 2.94. The standard InChI is InChI=1S/C16H20FN3OS/c17-13-5-10-22-15(13)2-1-12-3-8-20(9-4-12)11-14-16(21)19-7-6-18-14/h5-7,10,12H,1-4,8-9,11H2,(H,19,21). The van der Waals surface area contributed by atoms with Gasteiger partial charge in [-0.25, -0.2) is 4.39 Å². The van der Waals surface area contributed by atoms with Gasteiger partial charge in [-0.05, 0) is 56.1 Å². The number of halogens is 1. The number of nitrogens with zero attached hydrogens (tertiary/aromatic N) is 2. The highest BCUT2D eigenvalue weighted by Crippen LogP contribution is 2.25. The summed E-state index contributed by atoms with van der Waals surface area (Å²) in [5.41, 5.74) is 0.486. The highest BCUT2D eigenvalue weighted by molar-refractivity contribution is 7.09. The molecule has 1 N–H and O–H groups in total. The lowest BCUT2D eigenvalue weighted by atomic mass is 9.92. The molecular formula is C16H20FN3OS. The molecule has 3 rings (SSSR count). The summed E-state index contributed by atoms with van der Waals surface area (Å²) in [4.78, 5) is 21.6. The average molecular weight is 321 g/mol. The fraction of sp³-hybridized carbons (Fsp3) is 0.500. The lowest BCUT2D eigenvalue weighted by molar-refractivity contribution is 0.170. The Morgan fingerprint density at radius 3 is 2.91 bits per heavy atom. The van der Waals surface area contributed by atoms with Gasteiger partial charge in [-0.15, -0.1) is 11.3 Å². The van der Waals surface area contributed by atoms with Gasteiger partial charge in [0.05, 0.1) is 0 Å². The maximum atomic E-state index is 13.4. The molecule has 0 atom stereocenters. The van der Waals surface area contributed by atoms with Crippen LogP contribution in [0.5, 0.6) is 0 Å². The van der Waals surface area contributed by atoms with Crippen molar-refractivity contribution in [2.75, 3.05) is 13.1 Å². The minimum atomic E-state index is -0.0993. The highest BCUT2D eigenvalue weighted by Gasteiger charge is 2.20. The Morgan fingerprint density at radius 1 is 1.41 bits per heavy atom. The van der Waals surface area contributed by atoms with Gasteiger partial charge in [-0.2, -0.15) is 0 Å². The molecule has 4 nitrogen and oxygen atoms in total. The summed E-state index contributed by atoms with van der Waals surface area (Å²) in [6.07, 6.45) is 7.29. The predicted octanol–water partition coefficient (Wildman–Crippen LogP) is 2.82. The van der Waals surface area contributed by atoms with Crippen molar-refractivity contribution in [2.45, 2.75) is 32.2 Å². The fourth-order valence-corrected chi connectivity index (χ4v) is 3.75. The number of hydrogen-bond donors (Lipinski definition) is 1. The molecule has 1 aliphatic heterocycles. The number of nitrogens with one attached hydrogen (secondary N) is 1. The van der Waals surface area contributed by atoms with E-state index >= 15 is 0 Å². The van der Waals surface area contributed by atoms with Crippen molar-refractivity contribution < 1.29 is 4.39 Å². The molecule has 1 saturated heterocycles. The van der Waals surface area contributed by atoms with Crippen LogP contribution in [0.2, 0.25) is 0 Å². The summed E-state index contributed by atoms with van der Waals surface area (Å²) < 4.78 is 13.4. The zero-order valence-corrected chi connectivity index (χ0v) is 13.2. The Labute approximate surface area is 133 Å². The van der Waals surface area contributed by atoms with Gasteiger partial charge in [0.1, 0.15) is 11.5 Å². The summed E-state index contributed by atoms with van der Waals surface area (Å²) in [5.74, 6) is 0.594. The van der Waals surface area contributed by atoms with Crippen LogP contribution >= 0.6 is 11.3 Å². The van der Waals surface area contributed by atoms with E-state index in [-0.39, 0.29) is 11.4 Å². The Bertz CT molecular complexity index is 661. The zero-order chi connectivity index (χ0) is 15.4. The number of likely N-dealkylation sites (tertiary alicyclic amines) is 1. The molecule has 0 saturated carbocycles. The topological polar surface area (TPSA) is 49.0 Å². The molecule has 6 heteroatoms. The van der Waals surface area contributed by atoms with E-state index in [0.29, 0.717) is 18.2 Å². The number of thiophene rings is 1. The monoisotopic (exact) mass is 321 g/mol. The van der Waals surface area contributed by atoms with Crippen LogP contribution in [0.15, 0.2) is 28.6 Å². The third-order valence-corrected chi connectivity index (χ3v) is 5.29. The van der Waals surface area contributed by atoms with Crippen LogP contribution in [0.4, 0.5) is 4.39 Å². The summed E-state index contributed by atoms with van der Waals surface area (Å²) >= 11 is 1.51. The summed E-state index contributed by atoms with van der Waals surface area (Å²) in [5, 5.41) is 1.82. The summed E-state index contributed by atoms with van der Waals surface area (Å²) in [6.45, 7) is 2.57. The van der Waals surface area contributed by atoms with E-state index in [2.05, 4.69) is 14.9 Å². The van der Waals surface area contributed by atoms with Crippen LogP contribution in [0.25, 0.3) is 0 Å². The molecule has 2 aromatic heterocycles. The van der Waals surface area contributed by atoms with Gasteiger partial charge in [0, 0.05) is 23.8 Å². The second-order valence-electron chi connectivity index (χ2n) is 5.81. The number of aryl methyl sites for hydroxylation is 1. The summed E-state index contributed by atoms with van der Waals surface area (Å²) in [7, 11) is 0. The Balaban J connectivity index is 1.45. The SMILES string of the molecule is O=c1[nH]ccnc1CN1CCC(CCc2sccc2F)CC1. The first-order valence-corrected chi connectivity index (χ1v) is 8.57. The number of piperidine rings is 1. The van der Waals surface area contributed by atoms with Crippen LogP contribution in [0.1, 0.15) is 29.8 Å². The van der Waals surface area contributed by atoms with Gasteiger partial charge in [0.25, 0.3) is 5.56 Å². The zero-order valence-electron chi connectivity index (χ0n) is 12.4. The van der Waals surface area contributed by atoms with E-state index in [0.717, 1.165) is 43.6 Å². The van der Waals surface area contributed by atoms with Crippen LogP contribution in [-0.4, -0.2) is 28.0 Å². The largest absolute Gasteiger partial charge is 0.326 e. The van der Waals surface area contributed by atoms with E-state index < -0.39 is 0 Å². The Kier molecular flexibility index (Phi) is 5.00. The number of H-pyrrole nitrogens is 1. The van der Waals surface area contributed by atoms with Gasteiger partial charge >= 0.3 is 0 Å². The maximum absolute atomic E-state index is 13.4. The number of aromatic amines is 1. The molecule has 3 heterocycles. The third kappa shape index (κ3) is 3.81. The predicted molar refractivity (Wildman–Crippen MR) is 85.5 cm³/mol. The minimum absolute atomic E-state index is 0.0585. The highest BCUT2D eigenvalue weighted by atomic mass is 32.1. The molecule has 0 aromatic carbocycles. The first kappa shape index (κ1) is 15.4. The van der Waals surface area contributed by atoms with Crippen molar-refractivity contribution in [3.05, 3.63) is 50.6 Å². The van der Waals surface area contributed by atoms with Crippen LogP contribution < -0.4 is 5.56 Å². The van der Waals surface area contributed by atoms with Crippen molar-refractivity contribution >= 4 is 11.3 Å². The molecule has 118 valence electrons. The van der Waals surface area contributed by atoms with Gasteiger partial charge in [0.2, 0.25) is 0 Å². The lowest BCUT2D eigenvalue weighted by Crippen LogP contribution is -2.35. The second kappa shape index (κ2) is 7.15. The Morgan fingerprint density at radius 2 is 2.23 bits per heavy atom. The van der Waals surface area contributed by atoms with Gasteiger partial charge in [-0.3, -0.25) is 14.7 Å². The molecule has 0 radical (unpaired) electrons. The third-order valence-electron chi connectivity index (χ3n) is 4.33. The van der Waals surface area contributed by atoms with E-state index in [1.165, 1.54) is 11.3 Å². The molecule has 0 spiro atoms. The normalized spacial score (nSPS) is 17.0. The van der Waals surface area contributed by atoms with Crippen molar-refractivity contribution in [1.29, 1.82) is 0 Å². The molecule has 1 fully saturated rings. The molecule has 0 amide bonds. The summed E-state index contributed by atoms with van der Waals surface area (Å²) in [6, 6.07) is 1.55. The number of aromatic nitrogens is 2. The maximum Gasteiger partial charge on any atom is 0.270 e. The van der Waals surface area contributed by atoms with Crippen LogP contribution in [0, 0.1) is 11.7 Å². The van der Waals surface area contributed by atoms with Gasteiger partial charge in [-0.1, -0.05) is 0 Å². The first-order chi connectivity index (χ1) is 10.7. The van der Waals surface area contributed by atoms with Crippen molar-refractivity contribution in [3.63, 3.8) is 0 Å². The van der Waals surface area contributed by atoms with Crippen molar-refractivity contribution in [3.8, 4) is 0 Å². The molecule has 1 aliphatic rings. The van der Waals surface area contributed by atoms with E-state index in [9.17, 15) is 9.18 Å². The molecule has 2 aromatic rings. The quantitative estimate of drug-likeness (QED) is 0.921. The Hall–Kier alpha value is -1.53. The minimum Gasteiger partial charge on any atom is -0.326 e. The number of hydrogen-bond acceptors (Lipinski definition) is 4. The first-order valence-electron chi connectivity index (χ1n) is 7.69. The number of rotatable bonds is 5. The van der Waals surface area contributed by atoms with Gasteiger partial charge < -0.3 is 4.98 Å². The molecule has 0 bridgehead atoms. The van der Waals surface area contributed by atoms with E-state index in [1.54, 1.807) is 18.5 Å². The molecule has 0 unspecified atom stereocenters. The fourth-order valence-electron chi connectivity index (χ4n) is 2.98. The molecule has 0 aliphatic carbocycles. The molecular weight excluding hydrogens is 301 g/mol. The second-order valence-corrected chi connectivity index (χ2v) is 6.82. The van der Waals surface area contributed by atoms with Crippen LogP contribution in [0.3, 0.4) is 0 Å². The lowest BCUT2D eigenvalue weighted by Gasteiger charge is -2.31.